The number of amides is 1. The number of rotatable bonds is 4. The molecule has 1 aliphatic heterocycles. The lowest BCUT2D eigenvalue weighted by Crippen LogP contribution is -2.42. The van der Waals surface area contributed by atoms with Gasteiger partial charge in [0.1, 0.15) is 12.3 Å². The summed E-state index contributed by atoms with van der Waals surface area (Å²) in [5.41, 5.74) is 3.37. The van der Waals surface area contributed by atoms with E-state index in [1.807, 2.05) is 22.8 Å². The van der Waals surface area contributed by atoms with E-state index in [4.69, 9.17) is 4.74 Å². The van der Waals surface area contributed by atoms with Crippen molar-refractivity contribution in [1.29, 1.82) is 0 Å². The monoisotopic (exact) mass is 478 g/mol. The smallest absolute Gasteiger partial charge is 0.325 e. The van der Waals surface area contributed by atoms with E-state index < -0.39 is 17.4 Å². The van der Waals surface area contributed by atoms with Crippen LogP contribution in [0.3, 0.4) is 0 Å². The quantitative estimate of drug-likeness (QED) is 0.645. The van der Waals surface area contributed by atoms with Crippen LogP contribution < -0.4 is 4.74 Å². The Balaban J connectivity index is 1.82. The zero-order valence-electron chi connectivity index (χ0n) is 20.0. The van der Waals surface area contributed by atoms with Crippen molar-refractivity contribution in [3.8, 4) is 17.0 Å². The van der Waals surface area contributed by atoms with Crippen LogP contribution in [0, 0.1) is 5.41 Å². The number of carboxylic acids is 2. The van der Waals surface area contributed by atoms with Crippen LogP contribution in [0.4, 0.5) is 0 Å². The standard InChI is InChI=1S/C27H30N2O6/c1-28-14-17-12-18(35-2)8-9-19(17)24-23(16-6-4-3-5-7-16)20-10-11-27(25(31)32,26(33)34)13-21(20)29(24)15-22(28)30/h8-12,16H,3-7,13-15H2,1-2H3,(H,31,32)(H,33,34). The van der Waals surface area contributed by atoms with Crippen LogP contribution in [0.1, 0.15) is 60.4 Å². The minimum absolute atomic E-state index is 0.0372. The molecule has 0 atom stereocenters. The number of benzene rings is 1. The number of ether oxygens (including phenoxy) is 1. The Morgan fingerprint density at radius 1 is 1.09 bits per heavy atom. The van der Waals surface area contributed by atoms with Gasteiger partial charge in [0, 0.05) is 31.3 Å². The molecule has 2 aliphatic carbocycles. The summed E-state index contributed by atoms with van der Waals surface area (Å²) in [6.07, 6.45) is 8.23. The van der Waals surface area contributed by atoms with Crippen molar-refractivity contribution in [2.75, 3.05) is 14.2 Å². The molecule has 2 aromatic rings. The average Bonchev–Trinajstić information content (AvgIpc) is 3.15. The van der Waals surface area contributed by atoms with Gasteiger partial charge in [0.2, 0.25) is 5.91 Å². The first-order valence-corrected chi connectivity index (χ1v) is 12.1. The van der Waals surface area contributed by atoms with Crippen LogP contribution in [0.25, 0.3) is 17.3 Å². The fraction of sp³-hybridized carbons (Fsp3) is 0.444. The lowest BCUT2D eigenvalue weighted by Gasteiger charge is -2.28. The molecule has 184 valence electrons. The second kappa shape index (κ2) is 8.59. The minimum atomic E-state index is -2.06. The molecule has 2 heterocycles. The first kappa shape index (κ1) is 23.2. The fourth-order valence-electron chi connectivity index (χ4n) is 5.95. The van der Waals surface area contributed by atoms with Crippen molar-refractivity contribution < 1.29 is 29.3 Å². The number of carbonyl (C=O) groups excluding carboxylic acids is 1. The number of aliphatic carboxylic acids is 2. The van der Waals surface area contributed by atoms with Crippen molar-refractivity contribution in [1.82, 2.24) is 9.47 Å². The largest absolute Gasteiger partial charge is 0.497 e. The van der Waals surface area contributed by atoms with Crippen molar-refractivity contribution in [3.05, 3.63) is 46.7 Å². The van der Waals surface area contributed by atoms with Gasteiger partial charge in [-0.25, -0.2) is 0 Å². The summed E-state index contributed by atoms with van der Waals surface area (Å²) in [6.45, 7) is 0.463. The molecule has 1 aromatic carbocycles. The molecule has 0 saturated heterocycles. The van der Waals surface area contributed by atoms with E-state index >= 15 is 0 Å². The van der Waals surface area contributed by atoms with Crippen molar-refractivity contribution in [3.63, 3.8) is 0 Å². The van der Waals surface area contributed by atoms with Gasteiger partial charge in [-0.3, -0.25) is 14.4 Å². The third kappa shape index (κ3) is 3.63. The molecule has 1 fully saturated rings. The normalized spacial score (nSPS) is 19.3. The molecule has 0 bridgehead atoms. The Bertz CT molecular complexity index is 1240. The van der Waals surface area contributed by atoms with Crippen LogP contribution in [-0.4, -0.2) is 51.7 Å². The molecule has 1 saturated carbocycles. The Labute approximate surface area is 203 Å². The maximum atomic E-state index is 13.2. The first-order valence-electron chi connectivity index (χ1n) is 12.1. The number of hydrogen-bond donors (Lipinski definition) is 2. The number of fused-ring (bicyclic) bond motifs is 5. The Morgan fingerprint density at radius 2 is 1.80 bits per heavy atom. The summed E-state index contributed by atoms with van der Waals surface area (Å²) in [4.78, 5) is 39.2. The molecule has 8 heteroatoms. The number of aromatic nitrogens is 1. The summed E-state index contributed by atoms with van der Waals surface area (Å²) >= 11 is 0. The highest BCUT2D eigenvalue weighted by Crippen LogP contribution is 2.48. The highest BCUT2D eigenvalue weighted by molar-refractivity contribution is 6.03. The molecule has 0 radical (unpaired) electrons. The second-order valence-electron chi connectivity index (χ2n) is 9.91. The molecule has 1 amide bonds. The Hall–Kier alpha value is -3.55. The van der Waals surface area contributed by atoms with Gasteiger partial charge in [-0.2, -0.15) is 0 Å². The zero-order valence-corrected chi connectivity index (χ0v) is 20.0. The van der Waals surface area contributed by atoms with E-state index in [9.17, 15) is 24.6 Å². The topological polar surface area (TPSA) is 109 Å². The average molecular weight is 479 g/mol. The number of carboxylic acid groups (broad SMARTS) is 2. The summed E-state index contributed by atoms with van der Waals surface area (Å²) in [5, 5.41) is 19.8. The molecule has 0 unspecified atom stereocenters. The van der Waals surface area contributed by atoms with E-state index in [-0.39, 0.29) is 24.8 Å². The summed E-state index contributed by atoms with van der Waals surface area (Å²) in [7, 11) is 3.35. The van der Waals surface area contributed by atoms with Gasteiger partial charge in [0.05, 0.1) is 12.8 Å². The highest BCUT2D eigenvalue weighted by Gasteiger charge is 2.48. The number of nitrogens with zero attached hydrogens (tertiary/aromatic N) is 2. The highest BCUT2D eigenvalue weighted by atomic mass is 16.5. The number of hydrogen-bond acceptors (Lipinski definition) is 4. The summed E-state index contributed by atoms with van der Waals surface area (Å²) in [5.74, 6) is -1.95. The van der Waals surface area contributed by atoms with Crippen LogP contribution in [0.15, 0.2) is 24.3 Å². The van der Waals surface area contributed by atoms with Crippen molar-refractivity contribution in [2.24, 2.45) is 5.41 Å². The van der Waals surface area contributed by atoms with Gasteiger partial charge in [0.25, 0.3) is 0 Å². The van der Waals surface area contributed by atoms with Gasteiger partial charge in [-0.05, 0) is 53.6 Å². The predicted octanol–water partition coefficient (Wildman–Crippen LogP) is 3.91. The third-order valence-electron chi connectivity index (χ3n) is 7.90. The van der Waals surface area contributed by atoms with Gasteiger partial charge in [-0.1, -0.05) is 31.4 Å². The molecule has 0 spiro atoms. The molecular weight excluding hydrogens is 448 g/mol. The summed E-state index contributed by atoms with van der Waals surface area (Å²) in [6, 6.07) is 5.85. The lowest BCUT2D eigenvalue weighted by molar-refractivity contribution is -0.160. The molecule has 8 nitrogen and oxygen atoms in total. The minimum Gasteiger partial charge on any atom is -0.497 e. The van der Waals surface area contributed by atoms with Crippen LogP contribution in [-0.2, 0) is 33.9 Å². The maximum absolute atomic E-state index is 13.2. The SMILES string of the molecule is COc1ccc2c(c1)CN(C)C(=O)Cn1c3c(c(C4CCCCC4)c1-2)C=CC(C(=O)O)(C(=O)O)C3. The van der Waals surface area contributed by atoms with Gasteiger partial charge >= 0.3 is 11.9 Å². The fourth-order valence-corrected chi connectivity index (χ4v) is 5.95. The Kier molecular flexibility index (Phi) is 5.69. The number of methoxy groups -OCH3 is 1. The van der Waals surface area contributed by atoms with E-state index in [0.29, 0.717) is 18.0 Å². The van der Waals surface area contributed by atoms with Gasteiger partial charge in [-0.15, -0.1) is 0 Å². The predicted molar refractivity (Wildman–Crippen MR) is 129 cm³/mol. The number of carbonyl (C=O) groups is 3. The molecule has 1 aromatic heterocycles. The maximum Gasteiger partial charge on any atom is 0.325 e. The number of likely N-dealkylation sites (N-methyl/N-ethyl adjacent to an activating group) is 1. The molecule has 35 heavy (non-hydrogen) atoms. The Morgan fingerprint density at radius 3 is 2.46 bits per heavy atom. The molecule has 5 rings (SSSR count). The molecule has 3 aliphatic rings. The van der Waals surface area contributed by atoms with E-state index in [2.05, 4.69) is 0 Å². The van der Waals surface area contributed by atoms with Crippen LogP contribution in [0.2, 0.25) is 0 Å². The summed E-state index contributed by atoms with van der Waals surface area (Å²) < 4.78 is 7.35. The van der Waals surface area contributed by atoms with Gasteiger partial charge < -0.3 is 24.4 Å². The van der Waals surface area contributed by atoms with Crippen molar-refractivity contribution >= 4 is 23.9 Å². The van der Waals surface area contributed by atoms with E-state index in [1.54, 1.807) is 25.1 Å². The second-order valence-corrected chi connectivity index (χ2v) is 9.91. The molecular formula is C27H30N2O6. The lowest BCUT2D eigenvalue weighted by atomic mass is 9.75. The third-order valence-corrected chi connectivity index (χ3v) is 7.90. The van der Waals surface area contributed by atoms with Crippen LogP contribution in [0.5, 0.6) is 5.75 Å². The van der Waals surface area contributed by atoms with Crippen molar-refractivity contribution in [2.45, 2.75) is 57.5 Å². The molecule has 2 N–H and O–H groups in total. The first-order chi connectivity index (χ1) is 16.8. The zero-order chi connectivity index (χ0) is 24.9. The van der Waals surface area contributed by atoms with E-state index in [0.717, 1.165) is 53.6 Å². The van der Waals surface area contributed by atoms with Crippen LogP contribution >= 0.6 is 0 Å². The van der Waals surface area contributed by atoms with Gasteiger partial charge in [0.15, 0.2) is 5.41 Å². The van der Waals surface area contributed by atoms with E-state index in [1.165, 1.54) is 12.5 Å².